The molecule has 1 N–H and O–H groups in total. The van der Waals surface area contributed by atoms with Crippen LogP contribution in [0.1, 0.15) is 32.6 Å². The lowest BCUT2D eigenvalue weighted by molar-refractivity contribution is 0.531. The van der Waals surface area contributed by atoms with Gasteiger partial charge in [-0.05, 0) is 50.1 Å². The number of hydrogen-bond acceptors (Lipinski definition) is 4. The summed E-state index contributed by atoms with van der Waals surface area (Å²) in [6, 6.07) is 7.86. The highest BCUT2D eigenvalue weighted by Gasteiger charge is 2.27. The summed E-state index contributed by atoms with van der Waals surface area (Å²) in [5.41, 5.74) is 0. The van der Waals surface area contributed by atoms with Crippen molar-refractivity contribution in [3.05, 3.63) is 24.3 Å². The van der Waals surface area contributed by atoms with E-state index in [0.29, 0.717) is 16.2 Å². The minimum absolute atomic E-state index is 0.397. The Balaban J connectivity index is 1.99. The van der Waals surface area contributed by atoms with Gasteiger partial charge < -0.3 is 5.32 Å². The van der Waals surface area contributed by atoms with Crippen molar-refractivity contribution in [1.82, 2.24) is 5.32 Å². The zero-order valence-corrected chi connectivity index (χ0v) is 13.8. The molecule has 1 saturated carbocycles. The summed E-state index contributed by atoms with van der Waals surface area (Å²) in [6.07, 6.45) is 6.17. The Labute approximate surface area is 126 Å². The van der Waals surface area contributed by atoms with Crippen LogP contribution < -0.4 is 5.32 Å². The van der Waals surface area contributed by atoms with Crippen molar-refractivity contribution in [2.45, 2.75) is 53.7 Å². The Morgan fingerprint density at radius 1 is 1.25 bits per heavy atom. The maximum atomic E-state index is 11.4. The topological polar surface area (TPSA) is 46.2 Å². The molecule has 3 nitrogen and oxygen atoms in total. The van der Waals surface area contributed by atoms with Gasteiger partial charge in [-0.3, -0.25) is 0 Å². The van der Waals surface area contributed by atoms with E-state index in [2.05, 4.69) is 12.2 Å². The van der Waals surface area contributed by atoms with E-state index in [1.54, 1.807) is 12.1 Å². The van der Waals surface area contributed by atoms with E-state index < -0.39 is 9.84 Å². The largest absolute Gasteiger partial charge is 0.313 e. The van der Waals surface area contributed by atoms with E-state index in [4.69, 9.17) is 0 Å². The van der Waals surface area contributed by atoms with Crippen molar-refractivity contribution in [2.75, 3.05) is 12.8 Å². The number of nitrogens with one attached hydrogen (secondary N) is 1. The van der Waals surface area contributed by atoms with Gasteiger partial charge in [-0.1, -0.05) is 13.3 Å². The van der Waals surface area contributed by atoms with E-state index in [9.17, 15) is 8.42 Å². The number of benzene rings is 1. The van der Waals surface area contributed by atoms with Gasteiger partial charge in [0.25, 0.3) is 0 Å². The van der Waals surface area contributed by atoms with Crippen LogP contribution in [-0.2, 0) is 9.84 Å². The second-order valence-electron chi connectivity index (χ2n) is 5.39. The Morgan fingerprint density at radius 2 is 1.95 bits per heavy atom. The molecule has 2 atom stereocenters. The second-order valence-corrected chi connectivity index (χ2v) is 8.72. The van der Waals surface area contributed by atoms with Crippen molar-refractivity contribution < 1.29 is 8.42 Å². The number of sulfone groups is 1. The van der Waals surface area contributed by atoms with E-state index in [0.717, 1.165) is 17.9 Å². The van der Waals surface area contributed by atoms with Gasteiger partial charge in [0.2, 0.25) is 0 Å². The van der Waals surface area contributed by atoms with E-state index >= 15 is 0 Å². The van der Waals surface area contributed by atoms with Crippen LogP contribution in [0, 0.1) is 0 Å². The highest BCUT2D eigenvalue weighted by atomic mass is 32.2. The molecule has 0 aliphatic heterocycles. The Kier molecular flexibility index (Phi) is 5.52. The fourth-order valence-corrected chi connectivity index (χ4v) is 4.52. The first-order valence-corrected chi connectivity index (χ1v) is 9.98. The van der Waals surface area contributed by atoms with Gasteiger partial charge in [0, 0.05) is 22.4 Å². The molecule has 1 aromatic rings. The predicted molar refractivity (Wildman–Crippen MR) is 85.1 cm³/mol. The molecule has 1 fully saturated rings. The summed E-state index contributed by atoms with van der Waals surface area (Å²) in [5, 5.41) is 4.22. The predicted octanol–water partition coefficient (Wildman–Crippen LogP) is 3.10. The lowest BCUT2D eigenvalue weighted by atomic mass is 10.2. The van der Waals surface area contributed by atoms with Gasteiger partial charge in [0.1, 0.15) is 0 Å². The van der Waals surface area contributed by atoms with Crippen molar-refractivity contribution in [1.29, 1.82) is 0 Å². The fraction of sp³-hybridized carbons (Fsp3) is 0.600. The molecule has 0 amide bonds. The third kappa shape index (κ3) is 4.24. The highest BCUT2D eigenvalue weighted by Crippen LogP contribution is 2.35. The van der Waals surface area contributed by atoms with Crippen LogP contribution in [0.5, 0.6) is 0 Å². The summed E-state index contributed by atoms with van der Waals surface area (Å²) in [5.74, 6) is 0. The average molecular weight is 313 g/mol. The maximum absolute atomic E-state index is 11.4. The Morgan fingerprint density at radius 3 is 2.55 bits per heavy atom. The van der Waals surface area contributed by atoms with Crippen LogP contribution >= 0.6 is 11.8 Å². The summed E-state index contributed by atoms with van der Waals surface area (Å²) in [4.78, 5) is 1.56. The average Bonchev–Trinajstić information content (AvgIpc) is 2.83. The van der Waals surface area contributed by atoms with Crippen molar-refractivity contribution in [3.63, 3.8) is 0 Å². The first kappa shape index (κ1) is 15.9. The molecular weight excluding hydrogens is 290 g/mol. The van der Waals surface area contributed by atoms with Gasteiger partial charge in [0.15, 0.2) is 9.84 Å². The lowest BCUT2D eigenvalue weighted by Crippen LogP contribution is -2.34. The van der Waals surface area contributed by atoms with Crippen LogP contribution in [-0.4, -0.2) is 32.5 Å². The number of thioether (sulfide) groups is 1. The molecule has 1 aliphatic carbocycles. The van der Waals surface area contributed by atoms with Gasteiger partial charge in [-0.15, -0.1) is 11.8 Å². The number of hydrogen-bond donors (Lipinski definition) is 1. The van der Waals surface area contributed by atoms with Crippen LogP contribution in [0.2, 0.25) is 0 Å². The molecule has 2 unspecified atom stereocenters. The van der Waals surface area contributed by atoms with Crippen molar-refractivity contribution >= 4 is 21.6 Å². The zero-order valence-electron chi connectivity index (χ0n) is 12.1. The molecule has 1 aliphatic rings. The van der Waals surface area contributed by atoms with E-state index in [1.807, 2.05) is 23.9 Å². The fourth-order valence-electron chi connectivity index (χ4n) is 2.57. The Bertz CT molecular complexity index is 525. The second kappa shape index (κ2) is 6.96. The summed E-state index contributed by atoms with van der Waals surface area (Å²) < 4.78 is 22.9. The van der Waals surface area contributed by atoms with Crippen LogP contribution in [0.3, 0.4) is 0 Å². The molecule has 1 aromatic carbocycles. The molecule has 5 heteroatoms. The third-order valence-electron chi connectivity index (χ3n) is 3.65. The number of rotatable bonds is 6. The molecule has 20 heavy (non-hydrogen) atoms. The van der Waals surface area contributed by atoms with E-state index in [-0.39, 0.29) is 0 Å². The van der Waals surface area contributed by atoms with Gasteiger partial charge in [0.05, 0.1) is 4.90 Å². The minimum atomic E-state index is -3.09. The summed E-state index contributed by atoms with van der Waals surface area (Å²) in [6.45, 7) is 3.27. The van der Waals surface area contributed by atoms with Crippen LogP contribution in [0.4, 0.5) is 0 Å². The summed E-state index contributed by atoms with van der Waals surface area (Å²) in [7, 11) is -3.09. The molecule has 0 saturated heterocycles. The minimum Gasteiger partial charge on any atom is -0.313 e. The maximum Gasteiger partial charge on any atom is 0.175 e. The third-order valence-corrected chi connectivity index (χ3v) is 6.19. The smallest absolute Gasteiger partial charge is 0.175 e. The standard InChI is InChI=1S/C15H23NO2S2/c1-3-11-16-14-5-4-6-15(14)19-12-7-9-13(10-8-12)20(2,17)18/h7-10,14-16H,3-6,11H2,1-2H3. The van der Waals surface area contributed by atoms with Gasteiger partial charge in [-0.2, -0.15) is 0 Å². The molecule has 0 bridgehead atoms. The molecular formula is C15H23NO2S2. The monoisotopic (exact) mass is 313 g/mol. The summed E-state index contributed by atoms with van der Waals surface area (Å²) >= 11 is 1.87. The molecule has 0 heterocycles. The quantitative estimate of drug-likeness (QED) is 0.876. The normalized spacial score (nSPS) is 23.1. The van der Waals surface area contributed by atoms with Crippen LogP contribution in [0.25, 0.3) is 0 Å². The molecule has 0 aromatic heterocycles. The molecule has 2 rings (SSSR count). The van der Waals surface area contributed by atoms with Gasteiger partial charge >= 0.3 is 0 Å². The first-order valence-electron chi connectivity index (χ1n) is 7.21. The molecule has 0 spiro atoms. The van der Waals surface area contributed by atoms with E-state index in [1.165, 1.54) is 25.5 Å². The highest BCUT2D eigenvalue weighted by molar-refractivity contribution is 8.00. The van der Waals surface area contributed by atoms with Crippen molar-refractivity contribution in [2.24, 2.45) is 0 Å². The SMILES string of the molecule is CCCNC1CCCC1Sc1ccc(S(C)(=O)=O)cc1. The molecule has 112 valence electrons. The van der Waals surface area contributed by atoms with Gasteiger partial charge in [-0.25, -0.2) is 8.42 Å². The molecule has 0 radical (unpaired) electrons. The Hall–Kier alpha value is -0.520. The lowest BCUT2D eigenvalue weighted by Gasteiger charge is -2.20. The van der Waals surface area contributed by atoms with Crippen LogP contribution in [0.15, 0.2) is 34.1 Å². The zero-order chi connectivity index (χ0) is 14.6. The van der Waals surface area contributed by atoms with Crippen molar-refractivity contribution in [3.8, 4) is 0 Å². The first-order chi connectivity index (χ1) is 9.50.